The van der Waals surface area contributed by atoms with Crippen LogP contribution in [0.2, 0.25) is 5.02 Å². The summed E-state index contributed by atoms with van der Waals surface area (Å²) in [6, 6.07) is 8.93. The lowest BCUT2D eigenvalue weighted by molar-refractivity contribution is -0.116. The molecular weight excluding hydrogens is 354 g/mol. The van der Waals surface area contributed by atoms with Gasteiger partial charge in [0.05, 0.1) is 15.1 Å². The van der Waals surface area contributed by atoms with Crippen LogP contribution >= 0.6 is 34.3 Å². The predicted molar refractivity (Wildman–Crippen MR) is 94.5 cm³/mol. The zero-order chi connectivity index (χ0) is 16.2. The summed E-state index contributed by atoms with van der Waals surface area (Å²) in [7, 11) is 0. The molecule has 0 saturated heterocycles. The Labute approximate surface area is 145 Å². The molecule has 0 atom stereocenters. The van der Waals surface area contributed by atoms with E-state index in [1.807, 2.05) is 23.6 Å². The van der Waals surface area contributed by atoms with Gasteiger partial charge in [0, 0.05) is 18.0 Å². The van der Waals surface area contributed by atoms with Crippen LogP contribution in [0.15, 0.2) is 35.7 Å². The number of thiophene rings is 1. The lowest BCUT2D eigenvalue weighted by Gasteiger charge is -2.03. The highest BCUT2D eigenvalue weighted by atomic mass is 35.5. The van der Waals surface area contributed by atoms with Crippen molar-refractivity contribution in [2.75, 3.05) is 11.9 Å². The highest BCUT2D eigenvalue weighted by Gasteiger charge is 2.10. The molecule has 1 aromatic carbocycles. The van der Waals surface area contributed by atoms with E-state index in [-0.39, 0.29) is 24.8 Å². The van der Waals surface area contributed by atoms with E-state index in [1.54, 1.807) is 12.1 Å². The van der Waals surface area contributed by atoms with Crippen LogP contribution in [-0.2, 0) is 4.79 Å². The summed E-state index contributed by atoms with van der Waals surface area (Å²) in [5.74, 6) is -0.357. The Balaban J connectivity index is 1.51. The maximum atomic E-state index is 11.9. The quantitative estimate of drug-likeness (QED) is 0.723. The third-order valence-electron chi connectivity index (χ3n) is 2.98. The van der Waals surface area contributed by atoms with E-state index >= 15 is 0 Å². The van der Waals surface area contributed by atoms with Crippen LogP contribution in [0.1, 0.15) is 16.1 Å². The van der Waals surface area contributed by atoms with Gasteiger partial charge in [0.1, 0.15) is 0 Å². The fraction of sp³-hybridized carbons (Fsp3) is 0.133. The molecule has 0 unspecified atom stereocenters. The van der Waals surface area contributed by atoms with Crippen molar-refractivity contribution in [3.63, 3.8) is 0 Å². The zero-order valence-corrected chi connectivity index (χ0v) is 14.2. The lowest BCUT2D eigenvalue weighted by atomic mass is 10.3. The maximum Gasteiger partial charge on any atom is 0.261 e. The summed E-state index contributed by atoms with van der Waals surface area (Å²) in [6.07, 6.45) is 0.188. The SMILES string of the molecule is O=C(CCNC(=O)c1cccs1)Nc1nc2ccc(Cl)cc2s1. The van der Waals surface area contributed by atoms with Gasteiger partial charge in [-0.25, -0.2) is 4.98 Å². The number of anilines is 1. The Morgan fingerprint density at radius 1 is 1.26 bits per heavy atom. The van der Waals surface area contributed by atoms with E-state index < -0.39 is 0 Å². The summed E-state index contributed by atoms with van der Waals surface area (Å²) in [5.41, 5.74) is 0.792. The molecule has 0 aliphatic heterocycles. The number of hydrogen-bond donors (Lipinski definition) is 2. The molecule has 0 aliphatic rings. The third-order valence-corrected chi connectivity index (χ3v) is 5.02. The number of hydrogen-bond acceptors (Lipinski definition) is 5. The fourth-order valence-electron chi connectivity index (χ4n) is 1.92. The molecule has 2 aromatic heterocycles. The zero-order valence-electron chi connectivity index (χ0n) is 11.8. The molecule has 5 nitrogen and oxygen atoms in total. The van der Waals surface area contributed by atoms with Gasteiger partial charge < -0.3 is 10.6 Å². The smallest absolute Gasteiger partial charge is 0.261 e. The second kappa shape index (κ2) is 7.08. The number of aromatic nitrogens is 1. The summed E-state index contributed by atoms with van der Waals surface area (Å²) in [6.45, 7) is 0.277. The molecule has 0 fully saturated rings. The topological polar surface area (TPSA) is 71.1 Å². The Hall–Kier alpha value is -1.96. The van der Waals surface area contributed by atoms with Gasteiger partial charge in [-0.1, -0.05) is 29.0 Å². The number of benzene rings is 1. The Kier molecular flexibility index (Phi) is 4.90. The number of fused-ring (bicyclic) bond motifs is 1. The number of nitrogens with one attached hydrogen (secondary N) is 2. The Morgan fingerprint density at radius 2 is 2.13 bits per heavy atom. The van der Waals surface area contributed by atoms with Crippen LogP contribution < -0.4 is 10.6 Å². The molecule has 2 amide bonds. The first kappa shape index (κ1) is 15.9. The predicted octanol–water partition coefficient (Wildman–Crippen LogP) is 3.77. The van der Waals surface area contributed by atoms with Crippen molar-refractivity contribution in [3.8, 4) is 0 Å². The van der Waals surface area contributed by atoms with Crippen LogP contribution in [0.3, 0.4) is 0 Å². The maximum absolute atomic E-state index is 11.9. The van der Waals surface area contributed by atoms with Gasteiger partial charge in [-0.2, -0.15) is 0 Å². The minimum atomic E-state index is -0.193. The van der Waals surface area contributed by atoms with Gasteiger partial charge in [-0.3, -0.25) is 9.59 Å². The molecule has 3 rings (SSSR count). The second-order valence-electron chi connectivity index (χ2n) is 4.66. The van der Waals surface area contributed by atoms with Gasteiger partial charge in [-0.05, 0) is 29.6 Å². The second-order valence-corrected chi connectivity index (χ2v) is 7.08. The Morgan fingerprint density at radius 3 is 2.91 bits per heavy atom. The molecule has 23 heavy (non-hydrogen) atoms. The molecule has 2 N–H and O–H groups in total. The molecule has 3 aromatic rings. The normalized spacial score (nSPS) is 10.7. The van der Waals surface area contributed by atoms with Crippen LogP contribution in [0, 0.1) is 0 Å². The molecule has 0 aliphatic carbocycles. The number of carbonyl (C=O) groups is 2. The van der Waals surface area contributed by atoms with Gasteiger partial charge in [0.15, 0.2) is 5.13 Å². The molecule has 0 radical (unpaired) electrons. The molecule has 2 heterocycles. The minimum absolute atomic E-state index is 0.164. The van der Waals surface area contributed by atoms with Crippen molar-refractivity contribution in [1.29, 1.82) is 0 Å². The van der Waals surface area contributed by atoms with E-state index in [1.165, 1.54) is 22.7 Å². The number of rotatable bonds is 5. The first-order valence-corrected chi connectivity index (χ1v) is 8.87. The van der Waals surface area contributed by atoms with Crippen LogP contribution in [0.25, 0.3) is 10.2 Å². The van der Waals surface area contributed by atoms with E-state index in [4.69, 9.17) is 11.6 Å². The highest BCUT2D eigenvalue weighted by molar-refractivity contribution is 7.22. The Bertz CT molecular complexity index is 846. The van der Waals surface area contributed by atoms with Crippen molar-refractivity contribution < 1.29 is 9.59 Å². The summed E-state index contributed by atoms with van der Waals surface area (Å²) in [5, 5.41) is 8.44. The van der Waals surface area contributed by atoms with Gasteiger partial charge in [-0.15, -0.1) is 11.3 Å². The first-order valence-electron chi connectivity index (χ1n) is 6.79. The molecule has 118 valence electrons. The van der Waals surface area contributed by atoms with E-state index in [0.29, 0.717) is 15.0 Å². The van der Waals surface area contributed by atoms with E-state index in [9.17, 15) is 9.59 Å². The number of thiazole rings is 1. The molecule has 0 saturated carbocycles. The summed E-state index contributed by atoms with van der Waals surface area (Å²) >= 11 is 8.65. The molecule has 8 heteroatoms. The first-order chi connectivity index (χ1) is 11.1. The summed E-state index contributed by atoms with van der Waals surface area (Å²) < 4.78 is 0.916. The third kappa shape index (κ3) is 4.07. The van der Waals surface area contributed by atoms with Gasteiger partial charge in [0.25, 0.3) is 5.91 Å². The molecule has 0 bridgehead atoms. The van der Waals surface area contributed by atoms with Crippen LogP contribution in [-0.4, -0.2) is 23.3 Å². The summed E-state index contributed by atoms with van der Waals surface area (Å²) in [4.78, 5) is 28.6. The van der Waals surface area contributed by atoms with Crippen molar-refractivity contribution in [2.45, 2.75) is 6.42 Å². The standard InChI is InChI=1S/C15H12ClN3O2S2/c16-9-3-4-10-12(8-9)23-15(18-10)19-13(20)5-6-17-14(21)11-2-1-7-22-11/h1-4,7-8H,5-6H2,(H,17,21)(H,18,19,20). The van der Waals surface area contributed by atoms with Crippen LogP contribution in [0.4, 0.5) is 5.13 Å². The fourth-order valence-corrected chi connectivity index (χ4v) is 3.72. The number of carbonyl (C=O) groups excluding carboxylic acids is 2. The van der Waals surface area contributed by atoms with Crippen molar-refractivity contribution >= 4 is 61.4 Å². The highest BCUT2D eigenvalue weighted by Crippen LogP contribution is 2.28. The van der Waals surface area contributed by atoms with Gasteiger partial charge in [0.2, 0.25) is 5.91 Å². The van der Waals surface area contributed by atoms with Crippen molar-refractivity contribution in [3.05, 3.63) is 45.6 Å². The largest absolute Gasteiger partial charge is 0.351 e. The average molecular weight is 366 g/mol. The van der Waals surface area contributed by atoms with Gasteiger partial charge >= 0.3 is 0 Å². The monoisotopic (exact) mass is 365 g/mol. The van der Waals surface area contributed by atoms with E-state index in [0.717, 1.165) is 10.2 Å². The lowest BCUT2D eigenvalue weighted by Crippen LogP contribution is -2.27. The molecular formula is C15H12ClN3O2S2. The van der Waals surface area contributed by atoms with Crippen LogP contribution in [0.5, 0.6) is 0 Å². The number of nitrogens with zero attached hydrogens (tertiary/aromatic N) is 1. The van der Waals surface area contributed by atoms with Crippen molar-refractivity contribution in [2.24, 2.45) is 0 Å². The van der Waals surface area contributed by atoms with E-state index in [2.05, 4.69) is 15.6 Å². The number of amides is 2. The number of halogens is 1. The molecule has 0 spiro atoms. The minimum Gasteiger partial charge on any atom is -0.351 e. The average Bonchev–Trinajstić information content (AvgIpc) is 3.15. The van der Waals surface area contributed by atoms with Crippen molar-refractivity contribution in [1.82, 2.24) is 10.3 Å².